The highest BCUT2D eigenvalue weighted by molar-refractivity contribution is 5.54. The van der Waals surface area contributed by atoms with E-state index in [4.69, 9.17) is 0 Å². The first-order valence-electron chi connectivity index (χ1n) is 16.7. The molecular formula is C38H50O7. The highest BCUT2D eigenvalue weighted by Crippen LogP contribution is 2.47. The smallest absolute Gasteiger partial charge is 0.126 e. The van der Waals surface area contributed by atoms with Gasteiger partial charge in [-0.1, -0.05) is 57.6 Å². The summed E-state index contributed by atoms with van der Waals surface area (Å²) < 4.78 is 0. The van der Waals surface area contributed by atoms with Crippen LogP contribution >= 0.6 is 0 Å². The van der Waals surface area contributed by atoms with Crippen LogP contribution < -0.4 is 0 Å². The van der Waals surface area contributed by atoms with Crippen molar-refractivity contribution in [3.05, 3.63) is 86.5 Å². The molecule has 0 amide bonds. The summed E-state index contributed by atoms with van der Waals surface area (Å²) in [5, 5.41) is 73.6. The van der Waals surface area contributed by atoms with Crippen LogP contribution in [0.1, 0.15) is 139 Å². The summed E-state index contributed by atoms with van der Waals surface area (Å²) in [6.07, 6.45) is 11.8. The van der Waals surface area contributed by atoms with Crippen LogP contribution in [0.2, 0.25) is 0 Å². The number of benzene rings is 3. The normalized spacial score (nSPS) is 16.7. The Balaban J connectivity index is 1.68. The molecule has 0 heterocycles. The van der Waals surface area contributed by atoms with Crippen molar-refractivity contribution >= 4 is 0 Å². The molecule has 0 spiro atoms. The second kappa shape index (κ2) is 14.5. The van der Waals surface area contributed by atoms with Gasteiger partial charge in [-0.3, -0.25) is 0 Å². The quantitative estimate of drug-likeness (QED) is 0.125. The van der Waals surface area contributed by atoms with Crippen LogP contribution in [0.3, 0.4) is 0 Å². The van der Waals surface area contributed by atoms with Gasteiger partial charge in [0.05, 0.1) is 26.4 Å². The molecular weight excluding hydrogens is 568 g/mol. The average Bonchev–Trinajstić information content (AvgIpc) is 3.08. The van der Waals surface area contributed by atoms with E-state index in [1.54, 1.807) is 12.1 Å². The van der Waals surface area contributed by atoms with Gasteiger partial charge in [-0.15, -0.1) is 0 Å². The Morgan fingerprint density at radius 1 is 0.533 bits per heavy atom. The standard InChI is InChI=1S/C38H50O7/c1-38(13-12-24-14-27(20-39)35(43)28(15-24)21-40,31-16-29(22-41)36(44)33(18-31)25-8-4-2-5-9-25)32-17-30(23-42)37(45)34(19-32)26-10-6-3-7-11-26/h14-19,25-26,39-45H,2-13,20-23H2,1H3. The van der Waals surface area contributed by atoms with Gasteiger partial charge >= 0.3 is 0 Å². The summed E-state index contributed by atoms with van der Waals surface area (Å²) in [7, 11) is 0. The van der Waals surface area contributed by atoms with E-state index >= 15 is 0 Å². The monoisotopic (exact) mass is 618 g/mol. The molecule has 3 aromatic carbocycles. The minimum Gasteiger partial charge on any atom is -0.507 e. The number of aromatic hydroxyl groups is 3. The zero-order chi connectivity index (χ0) is 32.1. The van der Waals surface area contributed by atoms with Gasteiger partial charge < -0.3 is 35.7 Å². The Morgan fingerprint density at radius 3 is 1.29 bits per heavy atom. The second-order valence-electron chi connectivity index (χ2n) is 13.5. The van der Waals surface area contributed by atoms with Crippen molar-refractivity contribution in [3.8, 4) is 17.2 Å². The first-order chi connectivity index (χ1) is 21.7. The summed E-state index contributed by atoms with van der Waals surface area (Å²) in [5.74, 6) is 0.640. The lowest BCUT2D eigenvalue weighted by atomic mass is 9.69. The van der Waals surface area contributed by atoms with Gasteiger partial charge in [0, 0.05) is 27.7 Å². The summed E-state index contributed by atoms with van der Waals surface area (Å²) >= 11 is 0. The lowest BCUT2D eigenvalue weighted by Crippen LogP contribution is -2.26. The fourth-order valence-electron chi connectivity index (χ4n) is 7.83. The van der Waals surface area contributed by atoms with Gasteiger partial charge in [0.15, 0.2) is 0 Å². The van der Waals surface area contributed by atoms with Gasteiger partial charge in [-0.2, -0.15) is 0 Å². The molecule has 0 unspecified atom stereocenters. The topological polar surface area (TPSA) is 142 Å². The minimum atomic E-state index is -0.668. The Labute approximate surface area is 266 Å². The third kappa shape index (κ3) is 6.87. The van der Waals surface area contributed by atoms with Crippen molar-refractivity contribution in [3.63, 3.8) is 0 Å². The number of hydrogen-bond acceptors (Lipinski definition) is 7. The first-order valence-corrected chi connectivity index (χ1v) is 16.7. The van der Waals surface area contributed by atoms with Gasteiger partial charge in [-0.25, -0.2) is 0 Å². The zero-order valence-electron chi connectivity index (χ0n) is 26.6. The SMILES string of the molecule is CC(CCc1cc(CO)c(O)c(CO)c1)(c1cc(CO)c(O)c(C2CCCCC2)c1)c1cc(CO)c(O)c(C2CCCCC2)c1. The Kier molecular flexibility index (Phi) is 10.8. The van der Waals surface area contributed by atoms with Crippen molar-refractivity contribution < 1.29 is 35.7 Å². The summed E-state index contributed by atoms with van der Waals surface area (Å²) in [6, 6.07) is 11.5. The van der Waals surface area contributed by atoms with E-state index in [0.29, 0.717) is 35.1 Å². The molecule has 7 N–H and O–H groups in total. The predicted molar refractivity (Wildman–Crippen MR) is 174 cm³/mol. The molecule has 0 aliphatic heterocycles. The highest BCUT2D eigenvalue weighted by atomic mass is 16.3. The molecule has 7 heteroatoms. The first kappa shape index (κ1) is 33.3. The zero-order valence-corrected chi connectivity index (χ0v) is 26.6. The van der Waals surface area contributed by atoms with Crippen molar-refractivity contribution in [2.24, 2.45) is 0 Å². The largest absolute Gasteiger partial charge is 0.507 e. The molecule has 3 aromatic rings. The highest BCUT2D eigenvalue weighted by Gasteiger charge is 2.34. The van der Waals surface area contributed by atoms with Crippen LogP contribution in [0.25, 0.3) is 0 Å². The van der Waals surface area contributed by atoms with E-state index in [1.807, 2.05) is 12.1 Å². The Bertz CT molecular complexity index is 1370. The molecule has 7 nitrogen and oxygen atoms in total. The molecule has 244 valence electrons. The van der Waals surface area contributed by atoms with E-state index < -0.39 is 5.41 Å². The van der Waals surface area contributed by atoms with E-state index in [1.165, 1.54) is 12.8 Å². The molecule has 5 rings (SSSR count). The fraction of sp³-hybridized carbons (Fsp3) is 0.526. The molecule has 0 radical (unpaired) electrons. The summed E-state index contributed by atoms with van der Waals surface area (Å²) in [4.78, 5) is 0. The predicted octanol–water partition coefficient (Wildman–Crippen LogP) is 6.81. The summed E-state index contributed by atoms with van der Waals surface area (Å²) in [6.45, 7) is 0.851. The number of aliphatic hydroxyl groups is 4. The van der Waals surface area contributed by atoms with Gasteiger partial charge in [-0.05, 0) is 102 Å². The van der Waals surface area contributed by atoms with Crippen molar-refractivity contribution in [2.75, 3.05) is 0 Å². The Morgan fingerprint density at radius 2 is 0.911 bits per heavy atom. The van der Waals surface area contributed by atoms with E-state index in [-0.39, 0.29) is 55.5 Å². The fourth-order valence-corrected chi connectivity index (χ4v) is 7.83. The maximum Gasteiger partial charge on any atom is 0.126 e. The van der Waals surface area contributed by atoms with Crippen LogP contribution in [0, 0.1) is 0 Å². The molecule has 0 saturated heterocycles. The number of phenols is 3. The molecule has 0 atom stereocenters. The molecule has 2 aliphatic carbocycles. The van der Waals surface area contributed by atoms with Crippen LogP contribution in [0.15, 0.2) is 36.4 Å². The number of aliphatic hydroxyl groups excluding tert-OH is 4. The molecule has 2 fully saturated rings. The van der Waals surface area contributed by atoms with Crippen LogP contribution in [0.5, 0.6) is 17.2 Å². The maximum absolute atomic E-state index is 11.3. The van der Waals surface area contributed by atoms with E-state index in [2.05, 4.69) is 19.1 Å². The Hall–Kier alpha value is -3.10. The van der Waals surface area contributed by atoms with Crippen molar-refractivity contribution in [2.45, 2.75) is 128 Å². The van der Waals surface area contributed by atoms with Crippen LogP contribution in [-0.4, -0.2) is 35.7 Å². The lowest BCUT2D eigenvalue weighted by molar-refractivity contribution is 0.263. The number of rotatable bonds is 11. The van der Waals surface area contributed by atoms with E-state index in [0.717, 1.165) is 79.2 Å². The maximum atomic E-state index is 11.3. The molecule has 2 aliphatic rings. The molecule has 2 saturated carbocycles. The van der Waals surface area contributed by atoms with Crippen molar-refractivity contribution in [1.29, 1.82) is 0 Å². The average molecular weight is 619 g/mol. The second-order valence-corrected chi connectivity index (χ2v) is 13.5. The third-order valence-electron chi connectivity index (χ3n) is 10.7. The van der Waals surface area contributed by atoms with Crippen LogP contribution in [-0.2, 0) is 38.3 Å². The van der Waals surface area contributed by atoms with Gasteiger partial charge in [0.25, 0.3) is 0 Å². The van der Waals surface area contributed by atoms with Gasteiger partial charge in [0.1, 0.15) is 17.2 Å². The number of aryl methyl sites for hydroxylation is 1. The van der Waals surface area contributed by atoms with Crippen LogP contribution in [0.4, 0.5) is 0 Å². The summed E-state index contributed by atoms with van der Waals surface area (Å²) in [5.41, 5.74) is 5.50. The van der Waals surface area contributed by atoms with Crippen molar-refractivity contribution in [1.82, 2.24) is 0 Å². The minimum absolute atomic E-state index is 0.0991. The lowest BCUT2D eigenvalue weighted by Gasteiger charge is -2.35. The molecule has 0 aromatic heterocycles. The van der Waals surface area contributed by atoms with E-state index in [9.17, 15) is 35.7 Å². The molecule has 45 heavy (non-hydrogen) atoms. The third-order valence-corrected chi connectivity index (χ3v) is 10.7. The molecule has 0 bridgehead atoms. The number of hydrogen-bond donors (Lipinski definition) is 7. The van der Waals surface area contributed by atoms with Gasteiger partial charge in [0.2, 0.25) is 0 Å².